The van der Waals surface area contributed by atoms with Crippen molar-refractivity contribution in [3.8, 4) is 0 Å². The Morgan fingerprint density at radius 2 is 2.00 bits per heavy atom. The van der Waals surface area contributed by atoms with Gasteiger partial charge in [0.25, 0.3) is 0 Å². The van der Waals surface area contributed by atoms with Crippen molar-refractivity contribution in [2.75, 3.05) is 33.2 Å². The Hall–Kier alpha value is -0.890. The minimum Gasteiger partial charge on any atom is -0.363 e. The monoisotopic (exact) mass is 298 g/mol. The van der Waals surface area contributed by atoms with E-state index >= 15 is 0 Å². The van der Waals surface area contributed by atoms with Gasteiger partial charge in [-0.2, -0.15) is 4.31 Å². The average molecular weight is 298 g/mol. The van der Waals surface area contributed by atoms with Gasteiger partial charge in [-0.25, -0.2) is 8.42 Å². The maximum Gasteiger partial charge on any atom is 0.244 e. The highest BCUT2D eigenvalue weighted by molar-refractivity contribution is 7.89. The number of aromatic nitrogens is 1. The number of nitrogens with one attached hydrogen (secondary N) is 2. The predicted molar refractivity (Wildman–Crippen MR) is 76.9 cm³/mol. The minimum absolute atomic E-state index is 0.377. The second-order valence-electron chi connectivity index (χ2n) is 5.56. The van der Waals surface area contributed by atoms with Crippen molar-refractivity contribution < 1.29 is 8.42 Å². The maximum absolute atomic E-state index is 12.6. The lowest BCUT2D eigenvalue weighted by Crippen LogP contribution is -2.49. The highest BCUT2D eigenvalue weighted by atomic mass is 32.2. The van der Waals surface area contributed by atoms with E-state index in [9.17, 15) is 8.42 Å². The zero-order chi connectivity index (χ0) is 14.2. The fraction of sp³-hybridized carbons (Fsp3) is 0.692. The molecule has 2 N–H and O–H groups in total. The highest BCUT2D eigenvalue weighted by Crippen LogP contribution is 2.28. The lowest BCUT2D eigenvalue weighted by Gasteiger charge is -2.33. The van der Waals surface area contributed by atoms with Crippen LogP contribution in [0.15, 0.2) is 17.2 Å². The average Bonchev–Trinajstić information content (AvgIpc) is 3.19. The van der Waals surface area contributed by atoms with Gasteiger partial charge in [0.05, 0.1) is 4.90 Å². The fourth-order valence-corrected chi connectivity index (χ4v) is 4.20. The summed E-state index contributed by atoms with van der Waals surface area (Å²) in [5, 5.41) is 3.01. The molecule has 2 fully saturated rings. The number of aromatic amines is 1. The Morgan fingerprint density at radius 1 is 1.30 bits per heavy atom. The van der Waals surface area contributed by atoms with Crippen molar-refractivity contribution in [1.29, 1.82) is 0 Å². The van der Waals surface area contributed by atoms with Crippen LogP contribution >= 0.6 is 0 Å². The van der Waals surface area contributed by atoms with E-state index in [1.165, 1.54) is 12.8 Å². The van der Waals surface area contributed by atoms with Crippen LogP contribution in [-0.2, 0) is 16.6 Å². The molecule has 2 aliphatic rings. The van der Waals surface area contributed by atoms with Gasteiger partial charge in [-0.05, 0) is 26.0 Å². The fourth-order valence-electron chi connectivity index (χ4n) is 2.76. The van der Waals surface area contributed by atoms with Crippen molar-refractivity contribution in [3.63, 3.8) is 0 Å². The van der Waals surface area contributed by atoms with Gasteiger partial charge in [0, 0.05) is 50.7 Å². The molecule has 20 heavy (non-hydrogen) atoms. The molecule has 0 unspecified atom stereocenters. The van der Waals surface area contributed by atoms with Gasteiger partial charge in [0.1, 0.15) is 0 Å². The number of nitrogens with zero attached hydrogens (tertiary/aromatic N) is 2. The lowest BCUT2D eigenvalue weighted by atomic mass is 10.3. The molecular formula is C13H22N4O2S. The molecular weight excluding hydrogens is 276 g/mol. The molecule has 1 aliphatic heterocycles. The van der Waals surface area contributed by atoms with Gasteiger partial charge >= 0.3 is 0 Å². The SMILES string of the molecule is CNCc1cc(S(=O)(=O)N2CCN(C3CC3)CC2)c[nH]1. The normalized spacial score (nSPS) is 22.2. The summed E-state index contributed by atoms with van der Waals surface area (Å²) in [7, 11) is -1.50. The molecule has 6 nitrogen and oxygen atoms in total. The molecule has 1 saturated carbocycles. The van der Waals surface area contributed by atoms with E-state index in [2.05, 4.69) is 15.2 Å². The summed E-state index contributed by atoms with van der Waals surface area (Å²) >= 11 is 0. The Balaban J connectivity index is 1.67. The van der Waals surface area contributed by atoms with E-state index in [1.807, 2.05) is 7.05 Å². The number of hydrogen-bond donors (Lipinski definition) is 2. The van der Waals surface area contributed by atoms with Crippen molar-refractivity contribution in [1.82, 2.24) is 19.5 Å². The van der Waals surface area contributed by atoms with Crippen LogP contribution in [0.1, 0.15) is 18.5 Å². The summed E-state index contributed by atoms with van der Waals surface area (Å²) in [5.41, 5.74) is 0.891. The molecule has 0 amide bonds. The molecule has 112 valence electrons. The lowest BCUT2D eigenvalue weighted by molar-refractivity contribution is 0.180. The number of sulfonamides is 1. The number of H-pyrrole nitrogens is 1. The first-order chi connectivity index (χ1) is 9.61. The van der Waals surface area contributed by atoms with Gasteiger partial charge in [0.15, 0.2) is 0 Å². The van der Waals surface area contributed by atoms with Crippen molar-refractivity contribution in [2.24, 2.45) is 0 Å². The molecule has 1 aliphatic carbocycles. The molecule has 0 bridgehead atoms. The van der Waals surface area contributed by atoms with Crippen LogP contribution in [0.5, 0.6) is 0 Å². The van der Waals surface area contributed by atoms with Crippen LogP contribution in [0.3, 0.4) is 0 Å². The summed E-state index contributed by atoms with van der Waals surface area (Å²) < 4.78 is 26.7. The van der Waals surface area contributed by atoms with Crippen LogP contribution in [0.4, 0.5) is 0 Å². The first kappa shape index (κ1) is 14.1. The van der Waals surface area contributed by atoms with Gasteiger partial charge in [-0.15, -0.1) is 0 Å². The third kappa shape index (κ3) is 2.76. The van der Waals surface area contributed by atoms with Crippen molar-refractivity contribution in [2.45, 2.75) is 30.3 Å². The number of hydrogen-bond acceptors (Lipinski definition) is 4. The molecule has 1 aromatic heterocycles. The first-order valence-corrected chi connectivity index (χ1v) is 8.61. The summed E-state index contributed by atoms with van der Waals surface area (Å²) in [4.78, 5) is 5.80. The molecule has 0 aromatic carbocycles. The minimum atomic E-state index is -3.34. The second-order valence-corrected chi connectivity index (χ2v) is 7.50. The summed E-state index contributed by atoms with van der Waals surface area (Å²) in [6.45, 7) is 3.57. The van der Waals surface area contributed by atoms with E-state index in [4.69, 9.17) is 0 Å². The van der Waals surface area contributed by atoms with Gasteiger partial charge in [0.2, 0.25) is 10.0 Å². The second kappa shape index (κ2) is 5.48. The molecule has 0 spiro atoms. The third-order valence-corrected chi connectivity index (χ3v) is 5.93. The zero-order valence-corrected chi connectivity index (χ0v) is 12.6. The van der Waals surface area contributed by atoms with Crippen LogP contribution in [-0.4, -0.2) is 61.9 Å². The number of piperazine rings is 1. The van der Waals surface area contributed by atoms with Crippen LogP contribution in [0, 0.1) is 0 Å². The Bertz CT molecular complexity index is 557. The van der Waals surface area contributed by atoms with Crippen LogP contribution in [0.2, 0.25) is 0 Å². The van der Waals surface area contributed by atoms with E-state index in [0.717, 1.165) is 18.8 Å². The molecule has 1 aromatic rings. The predicted octanol–water partition coefficient (Wildman–Crippen LogP) is 0.203. The summed E-state index contributed by atoms with van der Waals surface area (Å²) in [6, 6.07) is 2.44. The Kier molecular flexibility index (Phi) is 3.85. The molecule has 0 radical (unpaired) electrons. The standard InChI is InChI=1S/C13H22N4O2S/c1-14-9-11-8-13(10-15-11)20(18,19)17-6-4-16(5-7-17)12-2-3-12/h8,10,12,14-15H,2-7,9H2,1H3. The van der Waals surface area contributed by atoms with E-state index in [1.54, 1.807) is 16.6 Å². The molecule has 1 saturated heterocycles. The molecule has 2 heterocycles. The molecule has 3 rings (SSSR count). The van der Waals surface area contributed by atoms with E-state index < -0.39 is 10.0 Å². The summed E-state index contributed by atoms with van der Waals surface area (Å²) in [6.07, 6.45) is 4.14. The number of rotatable bonds is 5. The van der Waals surface area contributed by atoms with Crippen molar-refractivity contribution >= 4 is 10.0 Å². The zero-order valence-electron chi connectivity index (χ0n) is 11.8. The van der Waals surface area contributed by atoms with Gasteiger partial charge in [-0.1, -0.05) is 0 Å². The molecule has 7 heteroatoms. The highest BCUT2D eigenvalue weighted by Gasteiger charge is 2.35. The van der Waals surface area contributed by atoms with Gasteiger partial charge in [-0.3, -0.25) is 4.90 Å². The van der Waals surface area contributed by atoms with E-state index in [0.29, 0.717) is 30.6 Å². The topological polar surface area (TPSA) is 68.4 Å². The molecule has 0 atom stereocenters. The van der Waals surface area contributed by atoms with Gasteiger partial charge < -0.3 is 10.3 Å². The first-order valence-electron chi connectivity index (χ1n) is 7.17. The van der Waals surface area contributed by atoms with Crippen LogP contribution in [0.25, 0.3) is 0 Å². The quantitative estimate of drug-likeness (QED) is 0.815. The Labute approximate surface area is 120 Å². The van der Waals surface area contributed by atoms with Crippen LogP contribution < -0.4 is 5.32 Å². The summed E-state index contributed by atoms with van der Waals surface area (Å²) in [5.74, 6) is 0. The van der Waals surface area contributed by atoms with E-state index in [-0.39, 0.29) is 0 Å². The third-order valence-electron chi connectivity index (χ3n) is 4.06. The largest absolute Gasteiger partial charge is 0.363 e. The van der Waals surface area contributed by atoms with Crippen molar-refractivity contribution in [3.05, 3.63) is 18.0 Å². The maximum atomic E-state index is 12.6. The Morgan fingerprint density at radius 3 is 2.60 bits per heavy atom. The smallest absolute Gasteiger partial charge is 0.244 e.